The lowest BCUT2D eigenvalue weighted by atomic mass is 10.00. The molecule has 0 amide bonds. The monoisotopic (exact) mass is 502 g/mol. The van der Waals surface area contributed by atoms with E-state index in [4.69, 9.17) is 0 Å². The average Bonchev–Trinajstić information content (AvgIpc) is 2.62. The fourth-order valence-electron chi connectivity index (χ4n) is 2.98. The highest BCUT2D eigenvalue weighted by Crippen LogP contribution is 2.40. The van der Waals surface area contributed by atoms with E-state index in [9.17, 15) is 48.3 Å². The van der Waals surface area contributed by atoms with E-state index < -0.39 is 75.6 Å². The first kappa shape index (κ1) is 25.1. The lowest BCUT2D eigenvalue weighted by molar-refractivity contribution is -0.276. The second kappa shape index (κ2) is 8.69. The van der Waals surface area contributed by atoms with Crippen molar-refractivity contribution >= 4 is 0 Å². The molecular formula is C21H9F11O2. The van der Waals surface area contributed by atoms with E-state index in [-0.39, 0.29) is 29.8 Å². The van der Waals surface area contributed by atoms with Gasteiger partial charge in [-0.2, -0.15) is 8.78 Å². The van der Waals surface area contributed by atoms with Crippen LogP contribution in [0.1, 0.15) is 11.1 Å². The van der Waals surface area contributed by atoms with Gasteiger partial charge in [-0.05, 0) is 42.3 Å². The van der Waals surface area contributed by atoms with Crippen LogP contribution in [0.3, 0.4) is 0 Å². The minimum atomic E-state index is -5.52. The largest absolute Gasteiger partial charge is 0.573 e. The van der Waals surface area contributed by atoms with E-state index in [0.717, 1.165) is 12.1 Å². The summed E-state index contributed by atoms with van der Waals surface area (Å²) in [6.45, 7) is 1.32. The second-order valence-electron chi connectivity index (χ2n) is 6.80. The average molecular weight is 502 g/mol. The Morgan fingerprint density at radius 3 is 1.50 bits per heavy atom. The molecule has 0 aliphatic heterocycles. The minimum Gasteiger partial charge on any atom is -0.429 e. The van der Waals surface area contributed by atoms with Gasteiger partial charge in [-0.1, -0.05) is 0 Å². The van der Waals surface area contributed by atoms with Crippen molar-refractivity contribution in [2.24, 2.45) is 0 Å². The summed E-state index contributed by atoms with van der Waals surface area (Å²) in [5.41, 5.74) is -3.66. The number of alkyl halides is 5. The smallest absolute Gasteiger partial charge is 0.429 e. The maximum absolute atomic E-state index is 14.4. The first-order valence-electron chi connectivity index (χ1n) is 8.86. The molecule has 0 saturated heterocycles. The molecule has 182 valence electrons. The normalized spacial score (nSPS) is 12.1. The van der Waals surface area contributed by atoms with E-state index in [0.29, 0.717) is 0 Å². The van der Waals surface area contributed by atoms with Gasteiger partial charge < -0.3 is 9.47 Å². The van der Waals surface area contributed by atoms with Gasteiger partial charge >= 0.3 is 12.5 Å². The van der Waals surface area contributed by atoms with Crippen molar-refractivity contribution in [1.82, 2.24) is 0 Å². The second-order valence-corrected chi connectivity index (χ2v) is 6.80. The van der Waals surface area contributed by atoms with Crippen LogP contribution in [-0.2, 0) is 6.11 Å². The van der Waals surface area contributed by atoms with E-state index in [1.807, 2.05) is 0 Å². The molecule has 0 saturated carbocycles. The molecule has 0 N–H and O–H groups in total. The van der Waals surface area contributed by atoms with Crippen LogP contribution in [-0.4, -0.2) is 6.36 Å². The van der Waals surface area contributed by atoms with Gasteiger partial charge in [-0.3, -0.25) is 0 Å². The minimum absolute atomic E-state index is 0.127. The zero-order valence-electron chi connectivity index (χ0n) is 16.4. The number of rotatable bonds is 5. The third-order valence-corrected chi connectivity index (χ3v) is 4.24. The standard InChI is InChI=1S/C21H9F11O2/c1-8-2-11(22)17(12(23)3-8)9-4-13(24)18(14(25)5-9)20(28,29)33-10-6-15(26)19(16(27)7-10)34-21(30,31)32/h2-7H,1H3. The molecule has 3 aromatic rings. The van der Waals surface area contributed by atoms with Crippen LogP contribution in [0.25, 0.3) is 11.1 Å². The lowest BCUT2D eigenvalue weighted by Gasteiger charge is -2.21. The van der Waals surface area contributed by atoms with Crippen LogP contribution >= 0.6 is 0 Å². The number of ether oxygens (including phenoxy) is 2. The van der Waals surface area contributed by atoms with Gasteiger partial charge in [-0.15, -0.1) is 13.2 Å². The molecule has 0 aromatic heterocycles. The van der Waals surface area contributed by atoms with Crippen molar-refractivity contribution in [2.75, 3.05) is 0 Å². The molecule has 34 heavy (non-hydrogen) atoms. The Labute approximate surface area is 183 Å². The molecule has 0 heterocycles. The SMILES string of the molecule is Cc1cc(F)c(-c2cc(F)c(C(F)(F)Oc3cc(F)c(OC(F)(F)F)c(F)c3)c(F)c2)c(F)c1. The number of halogens is 11. The van der Waals surface area contributed by atoms with Gasteiger partial charge in [0.15, 0.2) is 11.6 Å². The number of hydrogen-bond donors (Lipinski definition) is 0. The summed E-state index contributed by atoms with van der Waals surface area (Å²) in [5.74, 6) is -14.2. The van der Waals surface area contributed by atoms with E-state index in [1.54, 1.807) is 0 Å². The Bertz CT molecular complexity index is 1180. The van der Waals surface area contributed by atoms with E-state index in [2.05, 4.69) is 9.47 Å². The molecule has 3 rings (SSSR count). The van der Waals surface area contributed by atoms with Crippen molar-refractivity contribution < 1.29 is 57.8 Å². The van der Waals surface area contributed by atoms with Crippen LogP contribution in [0.4, 0.5) is 48.3 Å². The van der Waals surface area contributed by atoms with Gasteiger partial charge in [0.2, 0.25) is 5.75 Å². The Balaban J connectivity index is 1.99. The van der Waals surface area contributed by atoms with Gasteiger partial charge in [0.05, 0.1) is 5.56 Å². The highest BCUT2D eigenvalue weighted by Gasteiger charge is 2.42. The van der Waals surface area contributed by atoms with Crippen molar-refractivity contribution in [3.05, 3.63) is 82.4 Å². The Kier molecular flexibility index (Phi) is 6.42. The summed E-state index contributed by atoms with van der Waals surface area (Å²) in [4.78, 5) is 0. The van der Waals surface area contributed by atoms with Gasteiger partial charge in [0, 0.05) is 12.1 Å². The fraction of sp³-hybridized carbons (Fsp3) is 0.143. The van der Waals surface area contributed by atoms with E-state index >= 15 is 0 Å². The Morgan fingerprint density at radius 1 is 0.588 bits per heavy atom. The summed E-state index contributed by atoms with van der Waals surface area (Å²) < 4.78 is 157. The highest BCUT2D eigenvalue weighted by atomic mass is 19.4. The predicted molar refractivity (Wildman–Crippen MR) is 94.0 cm³/mol. The van der Waals surface area contributed by atoms with Gasteiger partial charge in [0.1, 0.15) is 34.6 Å². The highest BCUT2D eigenvalue weighted by molar-refractivity contribution is 5.66. The molecule has 13 heteroatoms. The summed E-state index contributed by atoms with van der Waals surface area (Å²) >= 11 is 0. The summed E-state index contributed by atoms with van der Waals surface area (Å²) in [6.07, 6.45) is -10.5. The summed E-state index contributed by atoms with van der Waals surface area (Å²) in [7, 11) is 0. The van der Waals surface area contributed by atoms with Gasteiger partial charge in [0.25, 0.3) is 0 Å². The van der Waals surface area contributed by atoms with Gasteiger partial charge in [-0.25, -0.2) is 26.3 Å². The molecule has 0 bridgehead atoms. The molecule has 3 aromatic carbocycles. The van der Waals surface area contributed by atoms with Crippen LogP contribution in [0.2, 0.25) is 0 Å². The molecule has 0 atom stereocenters. The van der Waals surface area contributed by atoms with Crippen LogP contribution in [0, 0.1) is 41.8 Å². The maximum atomic E-state index is 14.4. The third kappa shape index (κ3) is 5.18. The van der Waals surface area contributed by atoms with Crippen molar-refractivity contribution in [1.29, 1.82) is 0 Å². The van der Waals surface area contributed by atoms with Crippen LogP contribution in [0.15, 0.2) is 36.4 Å². The Morgan fingerprint density at radius 2 is 1.06 bits per heavy atom. The quantitative estimate of drug-likeness (QED) is 0.336. The zero-order valence-corrected chi connectivity index (χ0v) is 16.4. The zero-order chi connectivity index (χ0) is 25.6. The Hall–Kier alpha value is -3.51. The molecule has 0 unspecified atom stereocenters. The summed E-state index contributed by atoms with van der Waals surface area (Å²) in [6, 6.07) is 1.73. The van der Waals surface area contributed by atoms with E-state index in [1.165, 1.54) is 6.92 Å². The predicted octanol–water partition coefficient (Wildman–Crippen LogP) is 7.52. The molecule has 0 aliphatic rings. The fourth-order valence-corrected chi connectivity index (χ4v) is 2.98. The molecule has 0 radical (unpaired) electrons. The van der Waals surface area contributed by atoms with Crippen LogP contribution in [0.5, 0.6) is 11.5 Å². The van der Waals surface area contributed by atoms with Crippen molar-refractivity contribution in [2.45, 2.75) is 19.4 Å². The molecule has 0 aliphatic carbocycles. The van der Waals surface area contributed by atoms with Crippen molar-refractivity contribution in [3.8, 4) is 22.6 Å². The molecule has 0 spiro atoms. The third-order valence-electron chi connectivity index (χ3n) is 4.24. The first-order chi connectivity index (χ1) is 15.6. The van der Waals surface area contributed by atoms with Crippen LogP contribution < -0.4 is 9.47 Å². The molecule has 2 nitrogen and oxygen atoms in total. The topological polar surface area (TPSA) is 18.5 Å². The summed E-state index contributed by atoms with van der Waals surface area (Å²) in [5, 5.41) is 0. The lowest BCUT2D eigenvalue weighted by Crippen LogP contribution is -2.25. The number of benzene rings is 3. The number of hydrogen-bond acceptors (Lipinski definition) is 2. The molecular weight excluding hydrogens is 493 g/mol. The molecule has 0 fully saturated rings. The van der Waals surface area contributed by atoms with Crippen molar-refractivity contribution in [3.63, 3.8) is 0 Å². The first-order valence-corrected chi connectivity index (χ1v) is 8.86. The maximum Gasteiger partial charge on any atom is 0.573 e. The number of aryl methyl sites for hydroxylation is 1.